The zero-order valence-corrected chi connectivity index (χ0v) is 26.1. The van der Waals surface area contributed by atoms with E-state index in [1.165, 1.54) is 32.2 Å². The summed E-state index contributed by atoms with van der Waals surface area (Å²) >= 11 is 6.94. The second kappa shape index (κ2) is 12.6. The summed E-state index contributed by atoms with van der Waals surface area (Å²) in [5.41, 5.74) is 8.17. The highest BCUT2D eigenvalue weighted by atomic mass is 35.5. The summed E-state index contributed by atoms with van der Waals surface area (Å²) in [5, 5.41) is 6.14. The van der Waals surface area contributed by atoms with Crippen molar-refractivity contribution in [2.75, 3.05) is 33.1 Å². The molecule has 0 radical (unpaired) electrons. The highest BCUT2D eigenvalue weighted by Gasteiger charge is 2.39. The summed E-state index contributed by atoms with van der Waals surface area (Å²) < 4.78 is 20.9. The van der Waals surface area contributed by atoms with Crippen molar-refractivity contribution >= 4 is 41.0 Å². The number of hydrogen-bond acceptors (Lipinski definition) is 6. The Morgan fingerprint density at radius 3 is 2.39 bits per heavy atom. The van der Waals surface area contributed by atoms with Gasteiger partial charge in [0.25, 0.3) is 0 Å². The van der Waals surface area contributed by atoms with Gasteiger partial charge < -0.3 is 20.7 Å². The van der Waals surface area contributed by atoms with Gasteiger partial charge in [0, 0.05) is 49.6 Å². The average molecular weight is 624 g/mol. The van der Waals surface area contributed by atoms with Crippen LogP contribution in [-0.2, 0) is 20.9 Å². The fourth-order valence-electron chi connectivity index (χ4n) is 4.97. The van der Waals surface area contributed by atoms with Gasteiger partial charge >= 0.3 is 6.03 Å². The minimum Gasteiger partial charge on any atom is -0.496 e. The lowest BCUT2D eigenvalue weighted by molar-refractivity contribution is -0.140. The monoisotopic (exact) mass is 623 g/mol. The minimum atomic E-state index is -1.06. The standard InChI is InChI=1S/C32H35ClFN5O5/c1-17-19(9-8-12-25(17)37-28(40)23-16-38(4)31(43)39(5)29(23)41)21-11-7-10-20(27(21)33)18-13-24(34)22(26(14-18)44-6)15-36-32(2,3)30(35)42/h7-14,23,36H,15-16H2,1-6H3,(H2,35,42)(H,37,40). The number of rotatable bonds is 9. The Morgan fingerprint density at radius 2 is 1.73 bits per heavy atom. The van der Waals surface area contributed by atoms with Crippen molar-refractivity contribution in [3.8, 4) is 28.0 Å². The molecular weight excluding hydrogens is 589 g/mol. The normalized spacial score (nSPS) is 15.4. The van der Waals surface area contributed by atoms with Crippen LogP contribution >= 0.6 is 11.6 Å². The topological polar surface area (TPSA) is 134 Å². The molecule has 5 amide bonds. The summed E-state index contributed by atoms with van der Waals surface area (Å²) in [6.45, 7) is 5.01. The molecule has 3 aromatic carbocycles. The van der Waals surface area contributed by atoms with Crippen LogP contribution in [0.1, 0.15) is 25.0 Å². The summed E-state index contributed by atoms with van der Waals surface area (Å²) in [6, 6.07) is 13.2. The molecule has 1 heterocycles. The minimum absolute atomic E-state index is 0.00599. The van der Waals surface area contributed by atoms with E-state index >= 15 is 4.39 Å². The van der Waals surface area contributed by atoms with E-state index in [-0.39, 0.29) is 24.4 Å². The van der Waals surface area contributed by atoms with E-state index in [1.807, 2.05) is 19.1 Å². The molecule has 0 saturated carbocycles. The highest BCUT2D eigenvalue weighted by Crippen LogP contribution is 2.41. The first kappa shape index (κ1) is 32.4. The van der Waals surface area contributed by atoms with Gasteiger partial charge in [0.05, 0.1) is 17.7 Å². The van der Waals surface area contributed by atoms with Gasteiger partial charge in [-0.15, -0.1) is 0 Å². The number of urea groups is 1. The number of primary amides is 1. The molecule has 1 aliphatic heterocycles. The number of amides is 5. The van der Waals surface area contributed by atoms with Crippen LogP contribution < -0.4 is 21.1 Å². The van der Waals surface area contributed by atoms with Gasteiger partial charge in [-0.05, 0) is 55.7 Å². The van der Waals surface area contributed by atoms with E-state index in [1.54, 1.807) is 44.2 Å². The van der Waals surface area contributed by atoms with Crippen LogP contribution in [0.25, 0.3) is 22.3 Å². The van der Waals surface area contributed by atoms with Crippen LogP contribution in [0.15, 0.2) is 48.5 Å². The van der Waals surface area contributed by atoms with Gasteiger partial charge in [0.15, 0.2) is 0 Å². The molecule has 232 valence electrons. The predicted molar refractivity (Wildman–Crippen MR) is 167 cm³/mol. The first-order valence-corrected chi connectivity index (χ1v) is 14.2. The molecule has 12 heteroatoms. The smallest absolute Gasteiger partial charge is 0.326 e. The van der Waals surface area contributed by atoms with E-state index < -0.39 is 41.0 Å². The van der Waals surface area contributed by atoms with Crippen molar-refractivity contribution in [1.82, 2.24) is 15.1 Å². The molecule has 0 bridgehead atoms. The number of nitrogens with one attached hydrogen (secondary N) is 2. The summed E-state index contributed by atoms with van der Waals surface area (Å²) in [6.07, 6.45) is 0. The predicted octanol–water partition coefficient (Wildman–Crippen LogP) is 4.56. The Morgan fingerprint density at radius 1 is 1.09 bits per heavy atom. The fourth-order valence-corrected chi connectivity index (χ4v) is 5.31. The number of halogens is 2. The molecule has 4 rings (SSSR count). The second-order valence-electron chi connectivity index (χ2n) is 11.2. The van der Waals surface area contributed by atoms with Gasteiger partial charge in [-0.2, -0.15) is 0 Å². The first-order valence-electron chi connectivity index (χ1n) is 13.8. The molecule has 3 aromatic rings. The quantitative estimate of drug-likeness (QED) is 0.299. The Bertz CT molecular complexity index is 1660. The third-order valence-electron chi connectivity index (χ3n) is 7.90. The zero-order valence-electron chi connectivity index (χ0n) is 25.4. The number of ether oxygens (including phenoxy) is 1. The number of benzene rings is 3. The molecule has 1 atom stereocenters. The fraction of sp³-hybridized carbons (Fsp3) is 0.312. The molecule has 4 N–H and O–H groups in total. The van der Waals surface area contributed by atoms with Crippen molar-refractivity contribution in [3.05, 3.63) is 70.5 Å². The van der Waals surface area contributed by atoms with Gasteiger partial charge in [-0.1, -0.05) is 41.9 Å². The maximum absolute atomic E-state index is 15.4. The molecule has 0 spiro atoms. The van der Waals surface area contributed by atoms with Crippen molar-refractivity contribution < 1.29 is 28.3 Å². The Labute approximate surface area is 260 Å². The molecule has 1 aliphatic rings. The van der Waals surface area contributed by atoms with Crippen LogP contribution in [0.5, 0.6) is 5.75 Å². The number of nitrogens with two attached hydrogens (primary N) is 1. The molecule has 0 aromatic heterocycles. The van der Waals surface area contributed by atoms with E-state index in [2.05, 4.69) is 10.6 Å². The summed E-state index contributed by atoms with van der Waals surface area (Å²) in [4.78, 5) is 51.8. The average Bonchev–Trinajstić information content (AvgIpc) is 2.98. The van der Waals surface area contributed by atoms with E-state index in [4.69, 9.17) is 22.1 Å². The number of carbonyl (C=O) groups excluding carboxylic acids is 4. The molecule has 1 saturated heterocycles. The Hall–Kier alpha value is -4.48. The Kier molecular flexibility index (Phi) is 9.31. The largest absolute Gasteiger partial charge is 0.496 e. The maximum Gasteiger partial charge on any atom is 0.326 e. The lowest BCUT2D eigenvalue weighted by Gasteiger charge is -2.33. The molecule has 10 nitrogen and oxygen atoms in total. The van der Waals surface area contributed by atoms with Crippen molar-refractivity contribution in [3.63, 3.8) is 0 Å². The summed E-state index contributed by atoms with van der Waals surface area (Å²) in [5.74, 6) is -3.01. The van der Waals surface area contributed by atoms with Crippen molar-refractivity contribution in [1.29, 1.82) is 0 Å². The number of methoxy groups -OCH3 is 1. The Balaban J connectivity index is 1.65. The lowest BCUT2D eigenvalue weighted by atomic mass is 9.94. The van der Waals surface area contributed by atoms with Crippen LogP contribution in [0.3, 0.4) is 0 Å². The van der Waals surface area contributed by atoms with Crippen LogP contribution in [0.4, 0.5) is 14.9 Å². The van der Waals surface area contributed by atoms with Gasteiger partial charge in [-0.3, -0.25) is 24.6 Å². The number of imide groups is 1. The third-order valence-corrected chi connectivity index (χ3v) is 8.31. The van der Waals surface area contributed by atoms with E-state index in [0.29, 0.717) is 33.0 Å². The van der Waals surface area contributed by atoms with Gasteiger partial charge in [0.1, 0.15) is 17.5 Å². The zero-order chi connectivity index (χ0) is 32.5. The highest BCUT2D eigenvalue weighted by molar-refractivity contribution is 6.36. The number of anilines is 1. The van der Waals surface area contributed by atoms with Crippen LogP contribution in [0, 0.1) is 18.7 Å². The van der Waals surface area contributed by atoms with Crippen molar-refractivity contribution in [2.45, 2.75) is 32.9 Å². The number of carbonyl (C=O) groups is 4. The van der Waals surface area contributed by atoms with Crippen molar-refractivity contribution in [2.24, 2.45) is 11.7 Å². The molecular formula is C32H35ClFN5O5. The first-order chi connectivity index (χ1) is 20.7. The second-order valence-corrected chi connectivity index (χ2v) is 11.6. The number of nitrogens with zero attached hydrogens (tertiary/aromatic N) is 2. The SMILES string of the molecule is COc1cc(-c2cccc(-c3cccc(NC(=O)C4CN(C)C(=O)N(C)C4=O)c3C)c2Cl)cc(F)c1CNC(C)(C)C(N)=O. The molecule has 0 aliphatic carbocycles. The van der Waals surface area contributed by atoms with Gasteiger partial charge in [0.2, 0.25) is 17.7 Å². The third kappa shape index (κ3) is 6.24. The maximum atomic E-state index is 15.4. The summed E-state index contributed by atoms with van der Waals surface area (Å²) in [7, 11) is 4.30. The van der Waals surface area contributed by atoms with E-state index in [9.17, 15) is 19.2 Å². The molecule has 44 heavy (non-hydrogen) atoms. The molecule has 1 unspecified atom stereocenters. The van der Waals surface area contributed by atoms with Crippen LogP contribution in [0.2, 0.25) is 5.02 Å². The van der Waals surface area contributed by atoms with E-state index in [0.717, 1.165) is 10.5 Å². The molecule has 1 fully saturated rings. The lowest BCUT2D eigenvalue weighted by Crippen LogP contribution is -2.56. The van der Waals surface area contributed by atoms with Crippen LogP contribution in [-0.4, -0.2) is 66.8 Å². The number of hydrogen-bond donors (Lipinski definition) is 3. The van der Waals surface area contributed by atoms with Gasteiger partial charge in [-0.25, -0.2) is 9.18 Å².